The lowest BCUT2D eigenvalue weighted by molar-refractivity contribution is 0.0824. The number of benzene rings is 1. The molecule has 2 N–H and O–H groups in total. The van der Waals surface area contributed by atoms with Gasteiger partial charge in [-0.1, -0.05) is 34.1 Å². The van der Waals surface area contributed by atoms with Crippen LogP contribution in [0.3, 0.4) is 0 Å². The molecule has 0 aliphatic carbocycles. The van der Waals surface area contributed by atoms with E-state index in [1.54, 1.807) is 0 Å². The summed E-state index contributed by atoms with van der Waals surface area (Å²) in [6, 6.07) is 8.30. The summed E-state index contributed by atoms with van der Waals surface area (Å²) in [4.78, 5) is 9.38. The summed E-state index contributed by atoms with van der Waals surface area (Å²) in [5.74, 6) is 0.951. The smallest absolute Gasteiger partial charge is 0.193 e. The van der Waals surface area contributed by atoms with Gasteiger partial charge in [-0.25, -0.2) is 0 Å². The molecular formula is C19H31BrN4O. The molecule has 1 heterocycles. The Balaban J connectivity index is 1.81. The fourth-order valence-corrected chi connectivity index (χ4v) is 3.46. The first kappa shape index (κ1) is 20.2. The van der Waals surface area contributed by atoms with Gasteiger partial charge in [0.15, 0.2) is 5.96 Å². The summed E-state index contributed by atoms with van der Waals surface area (Å²) in [6.45, 7) is 7.67. The highest BCUT2D eigenvalue weighted by Crippen LogP contribution is 2.17. The average Bonchev–Trinajstić information content (AvgIpc) is 2.61. The Kier molecular flexibility index (Phi) is 8.72. The molecule has 140 valence electrons. The van der Waals surface area contributed by atoms with Crippen molar-refractivity contribution in [1.82, 2.24) is 15.1 Å². The lowest BCUT2D eigenvalue weighted by Crippen LogP contribution is -2.39. The van der Waals surface area contributed by atoms with Crippen LogP contribution in [0.4, 0.5) is 0 Å². The van der Waals surface area contributed by atoms with Crippen molar-refractivity contribution in [2.75, 3.05) is 39.8 Å². The number of aliphatic imine (C=N–C) groups is 1. The van der Waals surface area contributed by atoms with Gasteiger partial charge in [0.25, 0.3) is 0 Å². The predicted molar refractivity (Wildman–Crippen MR) is 108 cm³/mol. The average molecular weight is 411 g/mol. The zero-order chi connectivity index (χ0) is 18.1. The molecule has 1 aliphatic heterocycles. The summed E-state index contributed by atoms with van der Waals surface area (Å²) in [5.41, 5.74) is 1.25. The van der Waals surface area contributed by atoms with Gasteiger partial charge in [0.2, 0.25) is 0 Å². The standard InChI is InChI=1S/C19H31BrN4O/c1-3-21-19(23(2)15-16-7-4-5-8-18(16)20)22-11-6-12-24-13-9-17(25)10-14-24/h4-5,7-8,17,25H,3,6,9-15H2,1-2H3,(H,21,22). The molecule has 1 saturated heterocycles. The van der Waals surface area contributed by atoms with Crippen LogP contribution in [0, 0.1) is 0 Å². The van der Waals surface area contributed by atoms with E-state index in [1.807, 2.05) is 6.07 Å². The van der Waals surface area contributed by atoms with Crippen molar-refractivity contribution in [3.8, 4) is 0 Å². The van der Waals surface area contributed by atoms with Crippen molar-refractivity contribution < 1.29 is 5.11 Å². The molecule has 1 aromatic carbocycles. The van der Waals surface area contributed by atoms with Gasteiger partial charge in [0.1, 0.15) is 0 Å². The molecule has 25 heavy (non-hydrogen) atoms. The molecule has 0 spiro atoms. The van der Waals surface area contributed by atoms with Gasteiger partial charge in [0, 0.05) is 44.2 Å². The molecule has 2 rings (SSSR count). The Morgan fingerprint density at radius 2 is 2.08 bits per heavy atom. The molecule has 0 amide bonds. The minimum Gasteiger partial charge on any atom is -0.393 e. The summed E-state index contributed by atoms with van der Waals surface area (Å²) >= 11 is 3.61. The number of nitrogens with zero attached hydrogens (tertiary/aromatic N) is 3. The van der Waals surface area contributed by atoms with Crippen LogP contribution in [0.2, 0.25) is 0 Å². The number of piperidine rings is 1. The highest BCUT2D eigenvalue weighted by molar-refractivity contribution is 9.10. The maximum atomic E-state index is 9.57. The van der Waals surface area contributed by atoms with Crippen LogP contribution in [0.5, 0.6) is 0 Å². The van der Waals surface area contributed by atoms with Gasteiger partial charge >= 0.3 is 0 Å². The topological polar surface area (TPSA) is 51.1 Å². The summed E-state index contributed by atoms with van der Waals surface area (Å²) in [7, 11) is 2.08. The Labute approximate surface area is 160 Å². The van der Waals surface area contributed by atoms with Crippen LogP contribution in [0.15, 0.2) is 33.7 Å². The molecular weight excluding hydrogens is 380 g/mol. The maximum absolute atomic E-state index is 9.57. The number of likely N-dealkylation sites (tertiary alicyclic amines) is 1. The normalized spacial score (nSPS) is 16.9. The van der Waals surface area contributed by atoms with Gasteiger partial charge < -0.3 is 20.2 Å². The lowest BCUT2D eigenvalue weighted by Gasteiger charge is -2.29. The predicted octanol–water partition coefficient (Wildman–Crippen LogP) is 2.69. The van der Waals surface area contributed by atoms with Gasteiger partial charge in [0.05, 0.1) is 6.10 Å². The van der Waals surface area contributed by atoms with Crippen molar-refractivity contribution in [2.24, 2.45) is 4.99 Å². The number of guanidine groups is 1. The molecule has 0 bridgehead atoms. The van der Waals surface area contributed by atoms with Crippen LogP contribution in [0.1, 0.15) is 31.7 Å². The van der Waals surface area contributed by atoms with Gasteiger partial charge in [-0.2, -0.15) is 0 Å². The highest BCUT2D eigenvalue weighted by Gasteiger charge is 2.16. The molecule has 0 unspecified atom stereocenters. The highest BCUT2D eigenvalue weighted by atomic mass is 79.9. The molecule has 0 saturated carbocycles. The van der Waals surface area contributed by atoms with E-state index in [9.17, 15) is 5.11 Å². The Hall–Kier alpha value is -1.11. The van der Waals surface area contributed by atoms with E-state index in [-0.39, 0.29) is 6.10 Å². The van der Waals surface area contributed by atoms with Crippen LogP contribution in [-0.4, -0.2) is 66.7 Å². The van der Waals surface area contributed by atoms with Gasteiger partial charge in [-0.3, -0.25) is 4.99 Å². The third-order valence-corrected chi connectivity index (χ3v) is 5.29. The number of aliphatic hydroxyl groups is 1. The minimum atomic E-state index is -0.0967. The molecule has 1 aromatic rings. The zero-order valence-corrected chi connectivity index (χ0v) is 17.0. The van der Waals surface area contributed by atoms with Crippen molar-refractivity contribution in [3.05, 3.63) is 34.3 Å². The van der Waals surface area contributed by atoms with Crippen LogP contribution in [0.25, 0.3) is 0 Å². The fourth-order valence-electron chi connectivity index (χ4n) is 3.05. The number of hydrogen-bond donors (Lipinski definition) is 2. The minimum absolute atomic E-state index is 0.0967. The number of hydrogen-bond acceptors (Lipinski definition) is 3. The van der Waals surface area contributed by atoms with Crippen LogP contribution >= 0.6 is 15.9 Å². The molecule has 1 fully saturated rings. The van der Waals surface area contributed by atoms with E-state index < -0.39 is 0 Å². The van der Waals surface area contributed by atoms with E-state index in [2.05, 4.69) is 63.2 Å². The zero-order valence-electron chi connectivity index (χ0n) is 15.4. The van der Waals surface area contributed by atoms with E-state index >= 15 is 0 Å². The first-order valence-electron chi connectivity index (χ1n) is 9.23. The second-order valence-electron chi connectivity index (χ2n) is 6.61. The Bertz CT molecular complexity index is 544. The monoisotopic (exact) mass is 410 g/mol. The lowest BCUT2D eigenvalue weighted by atomic mass is 10.1. The van der Waals surface area contributed by atoms with Crippen LogP contribution in [-0.2, 0) is 6.54 Å². The van der Waals surface area contributed by atoms with Crippen molar-refractivity contribution in [3.63, 3.8) is 0 Å². The third kappa shape index (κ3) is 6.96. The SMILES string of the molecule is CCNC(=NCCCN1CCC(O)CC1)N(C)Cc1ccccc1Br. The number of aliphatic hydroxyl groups excluding tert-OH is 1. The second-order valence-corrected chi connectivity index (χ2v) is 7.46. The molecule has 5 nitrogen and oxygen atoms in total. The van der Waals surface area contributed by atoms with E-state index in [0.29, 0.717) is 0 Å². The van der Waals surface area contributed by atoms with Gasteiger partial charge in [-0.15, -0.1) is 0 Å². The second kappa shape index (κ2) is 10.8. The third-order valence-electron chi connectivity index (χ3n) is 4.51. The maximum Gasteiger partial charge on any atom is 0.193 e. The molecule has 0 radical (unpaired) electrons. The Morgan fingerprint density at radius 1 is 1.36 bits per heavy atom. The summed E-state index contributed by atoms with van der Waals surface area (Å²) in [6.07, 6.45) is 2.76. The van der Waals surface area contributed by atoms with Crippen molar-refractivity contribution in [1.29, 1.82) is 0 Å². The fraction of sp³-hybridized carbons (Fsp3) is 0.632. The molecule has 0 aromatic heterocycles. The van der Waals surface area contributed by atoms with Crippen molar-refractivity contribution >= 4 is 21.9 Å². The number of halogens is 1. The summed E-state index contributed by atoms with van der Waals surface area (Å²) < 4.78 is 1.13. The first-order valence-corrected chi connectivity index (χ1v) is 10.0. The number of rotatable bonds is 7. The quantitative estimate of drug-likeness (QED) is 0.412. The molecule has 1 aliphatic rings. The molecule has 0 atom stereocenters. The number of nitrogens with one attached hydrogen (secondary N) is 1. The van der Waals surface area contributed by atoms with Crippen LogP contribution < -0.4 is 5.32 Å². The Morgan fingerprint density at radius 3 is 2.76 bits per heavy atom. The summed E-state index contributed by atoms with van der Waals surface area (Å²) in [5, 5.41) is 12.9. The van der Waals surface area contributed by atoms with Gasteiger partial charge in [-0.05, 0) is 44.4 Å². The first-order chi connectivity index (χ1) is 12.1. The van der Waals surface area contributed by atoms with Crippen molar-refractivity contribution in [2.45, 2.75) is 38.8 Å². The van der Waals surface area contributed by atoms with E-state index in [4.69, 9.17) is 4.99 Å². The van der Waals surface area contributed by atoms with E-state index in [1.165, 1.54) is 5.56 Å². The largest absolute Gasteiger partial charge is 0.393 e. The molecule has 6 heteroatoms. The van der Waals surface area contributed by atoms with E-state index in [0.717, 1.165) is 69.0 Å².